The molecule has 21 heavy (non-hydrogen) atoms. The van der Waals surface area contributed by atoms with E-state index in [-0.39, 0.29) is 24.2 Å². The number of amides is 1. The van der Waals surface area contributed by atoms with Crippen LogP contribution in [0.15, 0.2) is 30.3 Å². The van der Waals surface area contributed by atoms with E-state index in [1.54, 1.807) is 23.1 Å². The summed E-state index contributed by atoms with van der Waals surface area (Å²) >= 11 is 0. The minimum atomic E-state index is -0.462. The fourth-order valence-corrected chi connectivity index (χ4v) is 2.53. The maximum Gasteiger partial charge on any atom is 0.269 e. The molecule has 0 aromatic heterocycles. The van der Waals surface area contributed by atoms with Gasteiger partial charge in [-0.25, -0.2) is 0 Å². The van der Waals surface area contributed by atoms with Crippen LogP contribution < -0.4 is 0 Å². The Morgan fingerprint density at radius 1 is 1.48 bits per heavy atom. The SMILES string of the molecule is CC1CCN(C(=O)/C=C/c2ccc([N+](=O)[O-])cc2)C1CO. The number of benzene rings is 1. The van der Waals surface area contributed by atoms with Crippen LogP contribution >= 0.6 is 0 Å². The molecule has 0 radical (unpaired) electrons. The molecule has 2 atom stereocenters. The summed E-state index contributed by atoms with van der Waals surface area (Å²) in [6, 6.07) is 5.87. The van der Waals surface area contributed by atoms with E-state index in [1.165, 1.54) is 18.2 Å². The van der Waals surface area contributed by atoms with Crippen molar-refractivity contribution in [1.29, 1.82) is 0 Å². The van der Waals surface area contributed by atoms with Gasteiger partial charge in [0.1, 0.15) is 0 Å². The molecular weight excluding hydrogens is 272 g/mol. The van der Waals surface area contributed by atoms with E-state index in [2.05, 4.69) is 0 Å². The summed E-state index contributed by atoms with van der Waals surface area (Å²) in [6.45, 7) is 2.64. The first-order valence-corrected chi connectivity index (χ1v) is 6.87. The van der Waals surface area contributed by atoms with Crippen LogP contribution in [0.4, 0.5) is 5.69 Å². The molecule has 1 amide bonds. The van der Waals surface area contributed by atoms with E-state index in [4.69, 9.17) is 0 Å². The van der Waals surface area contributed by atoms with Gasteiger partial charge < -0.3 is 10.0 Å². The van der Waals surface area contributed by atoms with Crippen LogP contribution in [-0.2, 0) is 4.79 Å². The number of rotatable bonds is 4. The van der Waals surface area contributed by atoms with Crippen molar-refractivity contribution in [2.75, 3.05) is 13.2 Å². The topological polar surface area (TPSA) is 83.7 Å². The molecule has 1 fully saturated rings. The smallest absolute Gasteiger partial charge is 0.269 e. The van der Waals surface area contributed by atoms with Gasteiger partial charge in [-0.2, -0.15) is 0 Å². The summed E-state index contributed by atoms with van der Waals surface area (Å²) < 4.78 is 0. The molecule has 112 valence electrons. The minimum absolute atomic E-state index is 0.0205. The molecule has 6 heteroatoms. The Morgan fingerprint density at radius 2 is 2.14 bits per heavy atom. The standard InChI is InChI=1S/C15H18N2O4/c1-11-8-9-16(14(11)10-18)15(19)7-4-12-2-5-13(6-3-12)17(20)21/h2-7,11,14,18H,8-10H2,1H3/b7-4+. The normalized spacial score (nSPS) is 21.9. The van der Waals surface area contributed by atoms with Crippen molar-refractivity contribution in [3.05, 3.63) is 46.0 Å². The Kier molecular flexibility index (Phi) is 4.70. The van der Waals surface area contributed by atoms with Crippen molar-refractivity contribution >= 4 is 17.7 Å². The largest absolute Gasteiger partial charge is 0.394 e. The van der Waals surface area contributed by atoms with Gasteiger partial charge in [0.05, 0.1) is 17.6 Å². The molecule has 6 nitrogen and oxygen atoms in total. The van der Waals surface area contributed by atoms with Gasteiger partial charge >= 0.3 is 0 Å². The van der Waals surface area contributed by atoms with Crippen LogP contribution in [0.5, 0.6) is 0 Å². The maximum atomic E-state index is 12.1. The van der Waals surface area contributed by atoms with Crippen LogP contribution in [0, 0.1) is 16.0 Å². The summed E-state index contributed by atoms with van der Waals surface area (Å²) in [5, 5.41) is 19.9. The average molecular weight is 290 g/mol. The Hall–Kier alpha value is -2.21. The molecule has 2 rings (SSSR count). The van der Waals surface area contributed by atoms with Crippen LogP contribution in [0.1, 0.15) is 18.9 Å². The number of hydrogen-bond donors (Lipinski definition) is 1. The second-order valence-electron chi connectivity index (χ2n) is 5.23. The highest BCUT2D eigenvalue weighted by molar-refractivity contribution is 5.92. The lowest BCUT2D eigenvalue weighted by molar-refractivity contribution is -0.384. The number of aliphatic hydroxyl groups excluding tert-OH is 1. The molecule has 1 aromatic rings. The number of nitrogens with zero attached hydrogens (tertiary/aromatic N) is 2. The summed E-state index contributed by atoms with van der Waals surface area (Å²) in [6.07, 6.45) is 3.97. The lowest BCUT2D eigenvalue weighted by atomic mass is 10.0. The van der Waals surface area contributed by atoms with Gasteiger partial charge in [0.2, 0.25) is 5.91 Å². The highest BCUT2D eigenvalue weighted by Crippen LogP contribution is 2.24. The highest BCUT2D eigenvalue weighted by Gasteiger charge is 2.32. The van der Waals surface area contributed by atoms with Crippen molar-refractivity contribution in [2.24, 2.45) is 5.92 Å². The first-order valence-electron chi connectivity index (χ1n) is 6.87. The lowest BCUT2D eigenvalue weighted by Gasteiger charge is -2.23. The molecule has 1 aliphatic heterocycles. The molecular formula is C15H18N2O4. The zero-order valence-electron chi connectivity index (χ0n) is 11.8. The number of nitro benzene ring substituents is 1. The Morgan fingerprint density at radius 3 is 2.71 bits per heavy atom. The van der Waals surface area contributed by atoms with Crippen LogP contribution in [0.25, 0.3) is 6.08 Å². The van der Waals surface area contributed by atoms with E-state index >= 15 is 0 Å². The average Bonchev–Trinajstić information content (AvgIpc) is 2.86. The summed E-state index contributed by atoms with van der Waals surface area (Å²) in [5.41, 5.74) is 0.744. The second kappa shape index (κ2) is 6.49. The van der Waals surface area contributed by atoms with Crippen LogP contribution in [-0.4, -0.2) is 40.0 Å². The Labute approximate surface area is 122 Å². The Bertz CT molecular complexity index is 553. The molecule has 1 aromatic carbocycles. The number of nitro groups is 1. The van der Waals surface area contributed by atoms with Gasteiger partial charge in [-0.05, 0) is 36.1 Å². The van der Waals surface area contributed by atoms with Crippen molar-refractivity contribution < 1.29 is 14.8 Å². The fraction of sp³-hybridized carbons (Fsp3) is 0.400. The van der Waals surface area contributed by atoms with Crippen LogP contribution in [0.3, 0.4) is 0 Å². The second-order valence-corrected chi connectivity index (χ2v) is 5.23. The van der Waals surface area contributed by atoms with Gasteiger partial charge in [-0.3, -0.25) is 14.9 Å². The minimum Gasteiger partial charge on any atom is -0.394 e. The lowest BCUT2D eigenvalue weighted by Crippen LogP contribution is -2.38. The zero-order chi connectivity index (χ0) is 15.4. The van der Waals surface area contributed by atoms with E-state index in [0.29, 0.717) is 12.5 Å². The van der Waals surface area contributed by atoms with Gasteiger partial charge in [-0.1, -0.05) is 6.92 Å². The van der Waals surface area contributed by atoms with Crippen molar-refractivity contribution in [1.82, 2.24) is 4.90 Å². The van der Waals surface area contributed by atoms with Gasteiger partial charge in [0.25, 0.3) is 5.69 Å². The first kappa shape index (κ1) is 15.2. The third-order valence-electron chi connectivity index (χ3n) is 3.87. The molecule has 1 saturated heterocycles. The summed E-state index contributed by atoms with van der Waals surface area (Å²) in [7, 11) is 0. The van der Waals surface area contributed by atoms with E-state index < -0.39 is 4.92 Å². The highest BCUT2D eigenvalue weighted by atomic mass is 16.6. The zero-order valence-corrected chi connectivity index (χ0v) is 11.8. The number of non-ortho nitro benzene ring substituents is 1. The molecule has 1 heterocycles. The molecule has 1 N–H and O–H groups in total. The van der Waals surface area contributed by atoms with Gasteiger partial charge in [0.15, 0.2) is 0 Å². The van der Waals surface area contributed by atoms with Crippen LogP contribution in [0.2, 0.25) is 0 Å². The monoisotopic (exact) mass is 290 g/mol. The third-order valence-corrected chi connectivity index (χ3v) is 3.87. The van der Waals surface area contributed by atoms with Gasteiger partial charge in [-0.15, -0.1) is 0 Å². The first-order chi connectivity index (χ1) is 10.0. The fourth-order valence-electron chi connectivity index (χ4n) is 2.53. The number of carbonyl (C=O) groups is 1. The third kappa shape index (κ3) is 3.46. The summed E-state index contributed by atoms with van der Waals surface area (Å²) in [4.78, 5) is 23.9. The predicted octanol–water partition coefficient (Wildman–Crippen LogP) is 1.84. The molecule has 0 aliphatic carbocycles. The van der Waals surface area contributed by atoms with Crippen molar-refractivity contribution in [2.45, 2.75) is 19.4 Å². The van der Waals surface area contributed by atoms with E-state index in [1.807, 2.05) is 6.92 Å². The number of carbonyl (C=O) groups excluding carboxylic acids is 1. The molecule has 0 spiro atoms. The molecule has 1 aliphatic rings. The molecule has 2 unspecified atom stereocenters. The predicted molar refractivity (Wildman–Crippen MR) is 78.5 cm³/mol. The number of likely N-dealkylation sites (tertiary alicyclic amines) is 1. The molecule has 0 saturated carbocycles. The van der Waals surface area contributed by atoms with E-state index in [9.17, 15) is 20.0 Å². The Balaban J connectivity index is 2.03. The van der Waals surface area contributed by atoms with E-state index in [0.717, 1.165) is 12.0 Å². The van der Waals surface area contributed by atoms with Gasteiger partial charge in [0, 0.05) is 24.8 Å². The van der Waals surface area contributed by atoms with Crippen molar-refractivity contribution in [3.63, 3.8) is 0 Å². The maximum absolute atomic E-state index is 12.1. The summed E-state index contributed by atoms with van der Waals surface area (Å²) in [5.74, 6) is 0.156. The quantitative estimate of drug-likeness (QED) is 0.521. The molecule has 0 bridgehead atoms. The number of aliphatic hydroxyl groups is 1. The van der Waals surface area contributed by atoms with Crippen molar-refractivity contribution in [3.8, 4) is 0 Å². The number of hydrogen-bond acceptors (Lipinski definition) is 4.